The van der Waals surface area contributed by atoms with Gasteiger partial charge in [-0.15, -0.1) is 0 Å². The third kappa shape index (κ3) is 9.83. The molecule has 86 valence electrons. The van der Waals surface area contributed by atoms with Gasteiger partial charge in [0.2, 0.25) is 0 Å². The average Bonchev–Trinajstić information content (AvgIpc) is 2.17. The second-order valence-electron chi connectivity index (χ2n) is 3.57. The highest BCUT2D eigenvalue weighted by Crippen LogP contribution is 2.01. The van der Waals surface area contributed by atoms with Gasteiger partial charge in [0, 0.05) is 17.6 Å². The van der Waals surface area contributed by atoms with Gasteiger partial charge in [-0.1, -0.05) is 37.0 Å². The van der Waals surface area contributed by atoms with E-state index in [1.165, 1.54) is 17.5 Å². The summed E-state index contributed by atoms with van der Waals surface area (Å²) in [6.07, 6.45) is 5.67. The summed E-state index contributed by atoms with van der Waals surface area (Å²) in [6.45, 7) is 5.29. The summed E-state index contributed by atoms with van der Waals surface area (Å²) in [5, 5.41) is 4.12. The second-order valence-corrected chi connectivity index (χ2v) is 4.07. The lowest BCUT2D eigenvalue weighted by atomic mass is 10.1. The van der Waals surface area contributed by atoms with Crippen LogP contribution in [0, 0.1) is 5.92 Å². The molecular formula is C11H18Cl2N2. The van der Waals surface area contributed by atoms with Crippen LogP contribution in [0.3, 0.4) is 0 Å². The molecule has 15 heavy (non-hydrogen) atoms. The first kappa shape index (κ1) is 14.5. The van der Waals surface area contributed by atoms with Crippen molar-refractivity contribution in [2.75, 3.05) is 6.54 Å². The van der Waals surface area contributed by atoms with Crippen LogP contribution in [0.2, 0.25) is 0 Å². The molecular weight excluding hydrogens is 231 g/mol. The molecule has 0 rings (SSSR count). The lowest BCUT2D eigenvalue weighted by Gasteiger charge is -2.04. The van der Waals surface area contributed by atoms with E-state index < -0.39 is 0 Å². The van der Waals surface area contributed by atoms with Crippen molar-refractivity contribution in [3.63, 3.8) is 0 Å². The normalized spacial score (nSPS) is 11.5. The smallest absolute Gasteiger partial charge is 0.0846 e. The number of halogens is 2. The maximum absolute atomic E-state index is 5.45. The number of allylic oxidation sites excluding steroid dienone is 2. The van der Waals surface area contributed by atoms with Crippen LogP contribution in [0.5, 0.6) is 0 Å². The monoisotopic (exact) mass is 248 g/mol. The van der Waals surface area contributed by atoms with Crippen LogP contribution >= 0.6 is 23.2 Å². The van der Waals surface area contributed by atoms with E-state index >= 15 is 0 Å². The Morgan fingerprint density at radius 2 is 1.87 bits per heavy atom. The summed E-state index contributed by atoms with van der Waals surface area (Å²) < 4.78 is 0. The van der Waals surface area contributed by atoms with Gasteiger partial charge in [-0.25, -0.2) is 0 Å². The summed E-state index contributed by atoms with van der Waals surface area (Å²) in [5.74, 6) is 0.737. The van der Waals surface area contributed by atoms with Gasteiger partial charge in [-0.3, -0.25) is 0 Å². The number of hydrazone groups is 1. The van der Waals surface area contributed by atoms with Crippen LogP contribution in [0.15, 0.2) is 28.3 Å². The van der Waals surface area contributed by atoms with Gasteiger partial charge < -0.3 is 5.43 Å². The fourth-order valence-corrected chi connectivity index (χ4v) is 1.25. The van der Waals surface area contributed by atoms with Gasteiger partial charge in [0.15, 0.2) is 0 Å². The Morgan fingerprint density at radius 3 is 2.33 bits per heavy atom. The molecule has 4 heteroatoms. The molecule has 0 radical (unpaired) electrons. The third-order valence-electron chi connectivity index (χ3n) is 1.75. The molecule has 0 atom stereocenters. The predicted molar refractivity (Wildman–Crippen MR) is 69.5 cm³/mol. The molecule has 2 nitrogen and oxygen atoms in total. The van der Waals surface area contributed by atoms with Crippen molar-refractivity contribution in [3.05, 3.63) is 23.2 Å². The minimum atomic E-state index is 0.713. The third-order valence-corrected chi connectivity index (χ3v) is 2.00. The van der Waals surface area contributed by atoms with Gasteiger partial charge in [0.25, 0.3) is 0 Å². The van der Waals surface area contributed by atoms with Gasteiger partial charge in [-0.2, -0.15) is 5.10 Å². The zero-order valence-electron chi connectivity index (χ0n) is 9.21. The van der Waals surface area contributed by atoms with Crippen molar-refractivity contribution in [3.8, 4) is 0 Å². The van der Waals surface area contributed by atoms with E-state index in [9.17, 15) is 0 Å². The Morgan fingerprint density at radius 1 is 1.27 bits per heavy atom. The van der Waals surface area contributed by atoms with Crippen LogP contribution < -0.4 is 5.43 Å². The molecule has 0 heterocycles. The van der Waals surface area contributed by atoms with Crippen LogP contribution in [0.25, 0.3) is 0 Å². The van der Waals surface area contributed by atoms with Crippen LogP contribution in [-0.2, 0) is 0 Å². The quantitative estimate of drug-likeness (QED) is 0.413. The Hall–Kier alpha value is -0.470. The van der Waals surface area contributed by atoms with E-state index in [4.69, 9.17) is 23.2 Å². The molecule has 0 aromatic heterocycles. The molecule has 0 aliphatic rings. The van der Waals surface area contributed by atoms with E-state index in [2.05, 4.69) is 24.4 Å². The van der Waals surface area contributed by atoms with Crippen molar-refractivity contribution in [2.24, 2.45) is 11.0 Å². The lowest BCUT2D eigenvalue weighted by molar-refractivity contribution is 0.534. The fraction of sp³-hybridized carbons (Fsp3) is 0.545. The molecule has 0 aliphatic heterocycles. The molecule has 0 spiro atoms. The number of hydrogen-bond donors (Lipinski definition) is 1. The van der Waals surface area contributed by atoms with Gasteiger partial charge in [0.05, 0.1) is 5.71 Å². The first-order valence-electron chi connectivity index (χ1n) is 5.04. The van der Waals surface area contributed by atoms with E-state index in [-0.39, 0.29) is 0 Å². The first-order chi connectivity index (χ1) is 7.20. The van der Waals surface area contributed by atoms with Crippen molar-refractivity contribution >= 4 is 28.9 Å². The second kappa shape index (κ2) is 10.1. The summed E-state index contributed by atoms with van der Waals surface area (Å²) in [6, 6.07) is 0. The summed E-state index contributed by atoms with van der Waals surface area (Å²) >= 11 is 10.9. The minimum Gasteiger partial charge on any atom is -0.310 e. The topological polar surface area (TPSA) is 24.4 Å². The van der Waals surface area contributed by atoms with E-state index in [0.29, 0.717) is 5.71 Å². The SMILES string of the molecule is CC(C)CCCNN=C(C=CCl)C=CCl. The molecule has 0 bridgehead atoms. The highest BCUT2D eigenvalue weighted by molar-refractivity contribution is 6.29. The highest BCUT2D eigenvalue weighted by atomic mass is 35.5. The zero-order valence-corrected chi connectivity index (χ0v) is 10.7. The Bertz CT molecular complexity index is 219. The maximum atomic E-state index is 5.45. The zero-order chi connectivity index (χ0) is 11.5. The van der Waals surface area contributed by atoms with Gasteiger partial charge >= 0.3 is 0 Å². The minimum absolute atomic E-state index is 0.713. The molecule has 1 N–H and O–H groups in total. The molecule has 0 aliphatic carbocycles. The number of rotatable bonds is 7. The molecule has 0 unspecified atom stereocenters. The van der Waals surface area contributed by atoms with E-state index in [1.54, 1.807) is 12.2 Å². The summed E-state index contributed by atoms with van der Waals surface area (Å²) in [7, 11) is 0. The number of hydrogen-bond acceptors (Lipinski definition) is 2. The van der Waals surface area contributed by atoms with Crippen LogP contribution in [0.1, 0.15) is 26.7 Å². The number of nitrogens with zero attached hydrogens (tertiary/aromatic N) is 1. The number of nitrogens with one attached hydrogen (secondary N) is 1. The standard InChI is InChI=1S/C11H18Cl2N2/c1-10(2)4-3-9-14-15-11(5-7-12)6-8-13/h5-8,10,14H,3-4,9H2,1-2H3. The fourth-order valence-electron chi connectivity index (χ4n) is 0.996. The Kier molecular flexibility index (Phi) is 9.75. The molecule has 0 aromatic rings. The average molecular weight is 249 g/mol. The largest absolute Gasteiger partial charge is 0.310 e. The van der Waals surface area contributed by atoms with Crippen molar-refractivity contribution in [1.82, 2.24) is 5.43 Å². The van der Waals surface area contributed by atoms with Gasteiger partial charge in [-0.05, 0) is 30.9 Å². The van der Waals surface area contributed by atoms with Crippen molar-refractivity contribution < 1.29 is 0 Å². The summed E-state index contributed by atoms with van der Waals surface area (Å²) in [4.78, 5) is 0. The van der Waals surface area contributed by atoms with Gasteiger partial charge in [0.1, 0.15) is 0 Å². The Balaban J connectivity index is 3.80. The molecule has 0 saturated heterocycles. The van der Waals surface area contributed by atoms with E-state index in [1.807, 2.05) is 0 Å². The van der Waals surface area contributed by atoms with E-state index in [0.717, 1.165) is 18.9 Å². The molecule has 0 aromatic carbocycles. The van der Waals surface area contributed by atoms with Crippen LogP contribution in [-0.4, -0.2) is 12.3 Å². The molecule has 0 fully saturated rings. The Labute approximate surface area is 102 Å². The summed E-state index contributed by atoms with van der Waals surface area (Å²) in [5.41, 5.74) is 6.51. The highest BCUT2D eigenvalue weighted by Gasteiger charge is 1.92. The first-order valence-corrected chi connectivity index (χ1v) is 5.92. The molecule has 0 saturated carbocycles. The molecule has 0 amide bonds. The van der Waals surface area contributed by atoms with Crippen LogP contribution in [0.4, 0.5) is 0 Å². The maximum Gasteiger partial charge on any atom is 0.0846 e. The van der Waals surface area contributed by atoms with Crippen molar-refractivity contribution in [1.29, 1.82) is 0 Å². The lowest BCUT2D eigenvalue weighted by Crippen LogP contribution is -2.10. The van der Waals surface area contributed by atoms with Crippen molar-refractivity contribution in [2.45, 2.75) is 26.7 Å². The predicted octanol–water partition coefficient (Wildman–Crippen LogP) is 3.87.